The van der Waals surface area contributed by atoms with Gasteiger partial charge in [-0.3, -0.25) is 14.4 Å². The number of aromatic nitrogens is 1. The largest absolute Gasteiger partial charge is 0.360 e. The zero-order valence-electron chi connectivity index (χ0n) is 13.9. The first kappa shape index (κ1) is 17.3. The number of pyridine rings is 1. The summed E-state index contributed by atoms with van der Waals surface area (Å²) in [5.41, 5.74) is 0.906. The van der Waals surface area contributed by atoms with Crippen molar-refractivity contribution in [1.82, 2.24) is 10.3 Å². The highest BCUT2D eigenvalue weighted by atomic mass is 19.1. The van der Waals surface area contributed by atoms with Crippen molar-refractivity contribution in [2.45, 2.75) is 6.92 Å². The summed E-state index contributed by atoms with van der Waals surface area (Å²) in [4.78, 5) is 39.4. The molecule has 1 heterocycles. The summed E-state index contributed by atoms with van der Waals surface area (Å²) in [6.07, 6.45) is 1.30. The minimum Gasteiger partial charge on any atom is -0.360 e. The van der Waals surface area contributed by atoms with Crippen molar-refractivity contribution >= 4 is 28.4 Å². The monoisotopic (exact) mass is 353 g/mol. The lowest BCUT2D eigenvalue weighted by molar-refractivity contribution is -0.115. The van der Waals surface area contributed by atoms with Gasteiger partial charge in [0.25, 0.3) is 5.91 Å². The Morgan fingerprint density at radius 3 is 2.73 bits per heavy atom. The van der Waals surface area contributed by atoms with Gasteiger partial charge in [-0.15, -0.1) is 0 Å². The molecule has 0 atom stereocenters. The SMILES string of the molecule is Cc1ccc(F)c(NC(=O)CNC(=O)c2c[nH]c3ccccc3c2=O)c1. The van der Waals surface area contributed by atoms with Crippen molar-refractivity contribution in [3.8, 4) is 0 Å². The Morgan fingerprint density at radius 2 is 1.92 bits per heavy atom. The maximum Gasteiger partial charge on any atom is 0.257 e. The Labute approximate surface area is 148 Å². The molecule has 3 aromatic rings. The van der Waals surface area contributed by atoms with Crippen LogP contribution in [0.5, 0.6) is 0 Å². The predicted octanol–water partition coefficient (Wildman–Crippen LogP) is 2.34. The van der Waals surface area contributed by atoms with Gasteiger partial charge in [0, 0.05) is 17.1 Å². The summed E-state index contributed by atoms with van der Waals surface area (Å²) in [7, 11) is 0. The molecule has 0 saturated heterocycles. The van der Waals surface area contributed by atoms with Crippen molar-refractivity contribution in [3.05, 3.63) is 75.8 Å². The molecule has 0 unspecified atom stereocenters. The van der Waals surface area contributed by atoms with E-state index in [9.17, 15) is 18.8 Å². The molecule has 0 saturated carbocycles. The molecule has 132 valence electrons. The number of nitrogens with one attached hydrogen (secondary N) is 3. The Bertz CT molecular complexity index is 1060. The standard InChI is InChI=1S/C19H16FN3O3/c1-11-6-7-14(20)16(8-11)23-17(24)10-22-19(26)13-9-21-15-5-3-2-4-12(15)18(13)25/h2-9H,10H2,1H3,(H,21,25)(H,22,26)(H,23,24). The van der Waals surface area contributed by atoms with E-state index >= 15 is 0 Å². The fourth-order valence-electron chi connectivity index (χ4n) is 2.52. The lowest BCUT2D eigenvalue weighted by Gasteiger charge is -2.09. The average molecular weight is 353 g/mol. The van der Waals surface area contributed by atoms with E-state index < -0.39 is 29.6 Å². The van der Waals surface area contributed by atoms with Gasteiger partial charge in [-0.1, -0.05) is 18.2 Å². The normalized spacial score (nSPS) is 10.5. The molecule has 6 nitrogen and oxygen atoms in total. The van der Waals surface area contributed by atoms with Gasteiger partial charge in [-0.25, -0.2) is 4.39 Å². The number of para-hydroxylation sites is 1. The second-order valence-corrected chi connectivity index (χ2v) is 5.79. The minimum atomic E-state index is -0.683. The van der Waals surface area contributed by atoms with Gasteiger partial charge >= 0.3 is 0 Å². The van der Waals surface area contributed by atoms with Crippen LogP contribution in [0.1, 0.15) is 15.9 Å². The summed E-state index contributed by atoms with van der Waals surface area (Å²) in [5.74, 6) is -1.85. The number of hydrogen-bond acceptors (Lipinski definition) is 3. The van der Waals surface area contributed by atoms with E-state index in [-0.39, 0.29) is 11.3 Å². The first-order valence-corrected chi connectivity index (χ1v) is 7.90. The molecule has 0 aliphatic heterocycles. The molecule has 3 N–H and O–H groups in total. The molecule has 3 rings (SSSR count). The fourth-order valence-corrected chi connectivity index (χ4v) is 2.52. The topological polar surface area (TPSA) is 91.1 Å². The number of amides is 2. The summed E-state index contributed by atoms with van der Waals surface area (Å²) in [6.45, 7) is 1.38. The van der Waals surface area contributed by atoms with Crippen LogP contribution in [0, 0.1) is 12.7 Å². The molecule has 2 amide bonds. The quantitative estimate of drug-likeness (QED) is 0.672. The van der Waals surface area contributed by atoms with Gasteiger partial charge in [-0.05, 0) is 36.8 Å². The van der Waals surface area contributed by atoms with Crippen LogP contribution in [0.4, 0.5) is 10.1 Å². The number of rotatable bonds is 4. The zero-order chi connectivity index (χ0) is 18.7. The molecule has 1 aromatic heterocycles. The fraction of sp³-hybridized carbons (Fsp3) is 0.105. The van der Waals surface area contributed by atoms with Gasteiger partial charge in [-0.2, -0.15) is 0 Å². The minimum absolute atomic E-state index is 0.0350. The van der Waals surface area contributed by atoms with Crippen molar-refractivity contribution in [1.29, 1.82) is 0 Å². The summed E-state index contributed by atoms with van der Waals surface area (Å²) in [5, 5.41) is 5.13. The lowest BCUT2D eigenvalue weighted by atomic mass is 10.1. The second-order valence-electron chi connectivity index (χ2n) is 5.79. The van der Waals surface area contributed by atoms with E-state index in [0.29, 0.717) is 10.9 Å². The van der Waals surface area contributed by atoms with Crippen molar-refractivity contribution in [3.63, 3.8) is 0 Å². The molecule has 0 aliphatic rings. The van der Waals surface area contributed by atoms with Crippen LogP contribution in [0.25, 0.3) is 10.9 Å². The van der Waals surface area contributed by atoms with E-state index in [4.69, 9.17) is 0 Å². The number of carbonyl (C=O) groups is 2. The van der Waals surface area contributed by atoms with Gasteiger partial charge in [0.15, 0.2) is 0 Å². The third-order valence-corrected chi connectivity index (χ3v) is 3.84. The summed E-state index contributed by atoms with van der Waals surface area (Å²) >= 11 is 0. The van der Waals surface area contributed by atoms with Crippen molar-refractivity contribution in [2.75, 3.05) is 11.9 Å². The number of carbonyl (C=O) groups excluding carboxylic acids is 2. The summed E-state index contributed by atoms with van der Waals surface area (Å²) in [6, 6.07) is 11.1. The van der Waals surface area contributed by atoms with Crippen LogP contribution in [0.3, 0.4) is 0 Å². The van der Waals surface area contributed by atoms with Crippen LogP contribution < -0.4 is 16.1 Å². The van der Waals surface area contributed by atoms with E-state index in [1.54, 1.807) is 37.3 Å². The van der Waals surface area contributed by atoms with Crippen LogP contribution in [-0.4, -0.2) is 23.3 Å². The second kappa shape index (κ2) is 7.18. The van der Waals surface area contributed by atoms with E-state index in [1.807, 2.05) is 0 Å². The zero-order valence-corrected chi connectivity index (χ0v) is 13.9. The lowest BCUT2D eigenvalue weighted by Crippen LogP contribution is -2.35. The number of H-pyrrole nitrogens is 1. The molecule has 0 bridgehead atoms. The number of hydrogen-bond donors (Lipinski definition) is 3. The van der Waals surface area contributed by atoms with Crippen molar-refractivity contribution in [2.24, 2.45) is 0 Å². The number of aromatic amines is 1. The molecule has 7 heteroatoms. The molecule has 0 spiro atoms. The van der Waals surface area contributed by atoms with Gasteiger partial charge in [0.1, 0.15) is 11.4 Å². The number of anilines is 1. The smallest absolute Gasteiger partial charge is 0.257 e. The number of fused-ring (bicyclic) bond motifs is 1. The molecule has 0 fully saturated rings. The molecular weight excluding hydrogens is 337 g/mol. The van der Waals surface area contributed by atoms with Crippen LogP contribution in [0.15, 0.2) is 53.5 Å². The van der Waals surface area contributed by atoms with Crippen LogP contribution >= 0.6 is 0 Å². The van der Waals surface area contributed by atoms with Gasteiger partial charge in [0.05, 0.1) is 12.2 Å². The first-order valence-electron chi connectivity index (χ1n) is 7.90. The highest BCUT2D eigenvalue weighted by Gasteiger charge is 2.14. The molecule has 0 radical (unpaired) electrons. The Morgan fingerprint density at radius 1 is 1.15 bits per heavy atom. The van der Waals surface area contributed by atoms with E-state index in [0.717, 1.165) is 5.56 Å². The predicted molar refractivity (Wildman–Crippen MR) is 96.7 cm³/mol. The van der Waals surface area contributed by atoms with E-state index in [1.165, 1.54) is 18.3 Å². The Kier molecular flexibility index (Phi) is 4.79. The Balaban J connectivity index is 1.69. The summed E-state index contributed by atoms with van der Waals surface area (Å²) < 4.78 is 13.6. The third kappa shape index (κ3) is 3.61. The highest BCUT2D eigenvalue weighted by Crippen LogP contribution is 2.15. The highest BCUT2D eigenvalue weighted by molar-refractivity contribution is 6.00. The van der Waals surface area contributed by atoms with E-state index in [2.05, 4.69) is 15.6 Å². The molecule has 0 aliphatic carbocycles. The van der Waals surface area contributed by atoms with Gasteiger partial charge in [0.2, 0.25) is 11.3 Å². The maximum absolute atomic E-state index is 13.6. The van der Waals surface area contributed by atoms with Crippen LogP contribution in [-0.2, 0) is 4.79 Å². The molecular formula is C19H16FN3O3. The molecule has 2 aromatic carbocycles. The number of halogens is 1. The molecule has 26 heavy (non-hydrogen) atoms. The average Bonchev–Trinajstić information content (AvgIpc) is 2.63. The number of benzene rings is 2. The van der Waals surface area contributed by atoms with Crippen LogP contribution in [0.2, 0.25) is 0 Å². The Hall–Kier alpha value is -3.48. The first-order chi connectivity index (χ1) is 12.5. The number of aryl methyl sites for hydroxylation is 1. The van der Waals surface area contributed by atoms with Crippen molar-refractivity contribution < 1.29 is 14.0 Å². The maximum atomic E-state index is 13.6. The third-order valence-electron chi connectivity index (χ3n) is 3.84. The van der Waals surface area contributed by atoms with Gasteiger partial charge < -0.3 is 15.6 Å².